The Morgan fingerprint density at radius 3 is 1.78 bits per heavy atom. The van der Waals surface area contributed by atoms with Crippen LogP contribution in [0, 0.1) is 0 Å². The monoisotopic (exact) mass is 702 g/mol. The zero-order valence-corrected chi connectivity index (χ0v) is 29.5. The Labute approximate surface area is 315 Å². The number of hydrogen-bond donors (Lipinski definition) is 0. The number of benzene rings is 8. The smallest absolute Gasteiger partial charge is 0.235 e. The summed E-state index contributed by atoms with van der Waals surface area (Å²) in [6, 6.07) is 64.2. The number of hydrogen-bond acceptors (Lipinski definition) is 3. The molecule has 0 aliphatic rings. The van der Waals surface area contributed by atoms with Gasteiger partial charge in [-0.15, -0.1) is 0 Å². The van der Waals surface area contributed by atoms with Gasteiger partial charge in [-0.1, -0.05) is 140 Å². The molecule has 0 fully saturated rings. The summed E-state index contributed by atoms with van der Waals surface area (Å²) >= 11 is 0. The maximum atomic E-state index is 6.53. The summed E-state index contributed by atoms with van der Waals surface area (Å²) in [7, 11) is 0. The first-order valence-corrected chi connectivity index (χ1v) is 18.6. The van der Waals surface area contributed by atoms with Gasteiger partial charge in [-0.25, -0.2) is 9.97 Å². The first-order chi connectivity index (χ1) is 27.3. The molecule has 5 heteroatoms. The number of furan rings is 1. The first kappa shape index (κ1) is 30.0. The van der Waals surface area contributed by atoms with Crippen molar-refractivity contribution >= 4 is 76.5 Å². The van der Waals surface area contributed by atoms with E-state index in [1.165, 1.54) is 16.5 Å². The molecule has 256 valence electrons. The molecular weight excluding hydrogens is 673 g/mol. The van der Waals surface area contributed by atoms with Crippen LogP contribution in [-0.4, -0.2) is 19.1 Å². The second kappa shape index (κ2) is 11.5. The topological polar surface area (TPSA) is 48.8 Å². The Morgan fingerprint density at radius 1 is 0.364 bits per heavy atom. The SMILES string of the molecule is c1ccc(-c2ccc(-n3c4ccccc4c4ccc5c6cc7c(cc6n(-c6nc(-c8ccccc8)c8ccccc8n6)c5c43)oc3ccccc37)cc2)cc1. The Bertz CT molecular complexity index is 3470. The van der Waals surface area contributed by atoms with Crippen molar-refractivity contribution in [1.29, 1.82) is 0 Å². The molecule has 55 heavy (non-hydrogen) atoms. The van der Waals surface area contributed by atoms with E-state index in [0.717, 1.165) is 88.0 Å². The molecule has 0 bridgehead atoms. The Balaban J connectivity index is 1.25. The predicted molar refractivity (Wildman–Crippen MR) is 226 cm³/mol. The highest BCUT2D eigenvalue weighted by Crippen LogP contribution is 2.44. The standard InChI is InChI=1S/C50H30N4O/c1-3-13-31(14-4-1)32-23-25-34(26-24-32)53-43-21-11-8-17-35(43)37-27-28-38-40-29-41-36-18-9-12-22-45(36)55-46(41)30-44(40)54(49(38)48(37)53)50-51-42-20-10-7-19-39(42)47(52-50)33-15-5-2-6-16-33/h1-30H. The van der Waals surface area contributed by atoms with E-state index in [4.69, 9.17) is 14.4 Å². The van der Waals surface area contributed by atoms with Crippen molar-refractivity contribution in [2.45, 2.75) is 0 Å². The van der Waals surface area contributed by atoms with Crippen LogP contribution in [0.15, 0.2) is 186 Å². The van der Waals surface area contributed by atoms with E-state index < -0.39 is 0 Å². The summed E-state index contributed by atoms with van der Waals surface area (Å²) in [4.78, 5) is 10.8. The van der Waals surface area contributed by atoms with Crippen molar-refractivity contribution in [2.75, 3.05) is 0 Å². The van der Waals surface area contributed by atoms with Gasteiger partial charge in [0.2, 0.25) is 5.95 Å². The molecule has 0 aliphatic heterocycles. The van der Waals surface area contributed by atoms with E-state index in [-0.39, 0.29) is 0 Å². The molecule has 0 atom stereocenters. The van der Waals surface area contributed by atoms with E-state index in [1.54, 1.807) is 0 Å². The van der Waals surface area contributed by atoms with Gasteiger partial charge in [0.1, 0.15) is 11.2 Å². The molecule has 12 rings (SSSR count). The molecule has 12 aromatic rings. The lowest BCUT2D eigenvalue weighted by atomic mass is 10.1. The molecule has 0 saturated carbocycles. The maximum Gasteiger partial charge on any atom is 0.235 e. The van der Waals surface area contributed by atoms with Gasteiger partial charge in [-0.05, 0) is 47.5 Å². The Morgan fingerprint density at radius 2 is 0.982 bits per heavy atom. The highest BCUT2D eigenvalue weighted by atomic mass is 16.3. The number of nitrogens with zero attached hydrogens (tertiary/aromatic N) is 4. The number of para-hydroxylation sites is 3. The van der Waals surface area contributed by atoms with Crippen LogP contribution in [0.3, 0.4) is 0 Å². The normalized spacial score (nSPS) is 12.0. The van der Waals surface area contributed by atoms with Crippen LogP contribution in [0.5, 0.6) is 0 Å². The van der Waals surface area contributed by atoms with E-state index >= 15 is 0 Å². The summed E-state index contributed by atoms with van der Waals surface area (Å²) < 4.78 is 11.2. The van der Waals surface area contributed by atoms with Crippen molar-refractivity contribution in [3.63, 3.8) is 0 Å². The first-order valence-electron chi connectivity index (χ1n) is 18.6. The van der Waals surface area contributed by atoms with Gasteiger partial charge >= 0.3 is 0 Å². The van der Waals surface area contributed by atoms with E-state index in [1.807, 2.05) is 24.3 Å². The molecule has 0 saturated heterocycles. The lowest BCUT2D eigenvalue weighted by molar-refractivity contribution is 0.669. The predicted octanol–water partition coefficient (Wildman–Crippen LogP) is 13.1. The van der Waals surface area contributed by atoms with Gasteiger partial charge in [-0.2, -0.15) is 0 Å². The molecular formula is C50H30N4O. The van der Waals surface area contributed by atoms with Gasteiger partial charge < -0.3 is 8.98 Å². The number of aromatic nitrogens is 4. The lowest BCUT2D eigenvalue weighted by Crippen LogP contribution is -2.04. The average molecular weight is 703 g/mol. The zero-order chi connectivity index (χ0) is 36.0. The van der Waals surface area contributed by atoms with Gasteiger partial charge in [0.05, 0.1) is 33.3 Å². The van der Waals surface area contributed by atoms with E-state index in [9.17, 15) is 0 Å². The fourth-order valence-corrected chi connectivity index (χ4v) is 8.66. The number of rotatable bonds is 4. The van der Waals surface area contributed by atoms with Crippen LogP contribution in [-0.2, 0) is 0 Å². The molecule has 0 radical (unpaired) electrons. The highest BCUT2D eigenvalue weighted by Gasteiger charge is 2.24. The van der Waals surface area contributed by atoms with Crippen molar-refractivity contribution < 1.29 is 4.42 Å². The van der Waals surface area contributed by atoms with Crippen LogP contribution in [0.4, 0.5) is 0 Å². The minimum absolute atomic E-state index is 0.608. The third-order valence-corrected chi connectivity index (χ3v) is 11.1. The molecule has 0 amide bonds. The summed E-state index contributed by atoms with van der Waals surface area (Å²) in [6.45, 7) is 0. The largest absolute Gasteiger partial charge is 0.456 e. The van der Waals surface area contributed by atoms with Crippen molar-refractivity contribution in [1.82, 2.24) is 19.1 Å². The van der Waals surface area contributed by atoms with Crippen LogP contribution >= 0.6 is 0 Å². The van der Waals surface area contributed by atoms with Gasteiger partial charge in [-0.3, -0.25) is 4.57 Å². The van der Waals surface area contributed by atoms with Crippen molar-refractivity contribution in [3.8, 4) is 34.0 Å². The van der Waals surface area contributed by atoms with Crippen molar-refractivity contribution in [2.24, 2.45) is 0 Å². The fraction of sp³-hybridized carbons (Fsp3) is 0. The van der Waals surface area contributed by atoms with Gasteiger partial charge in [0.15, 0.2) is 0 Å². The summed E-state index contributed by atoms with van der Waals surface area (Å²) in [5, 5.41) is 7.79. The molecule has 0 aliphatic carbocycles. The van der Waals surface area contributed by atoms with Crippen molar-refractivity contribution in [3.05, 3.63) is 182 Å². The Hall–Kier alpha value is -7.50. The zero-order valence-electron chi connectivity index (χ0n) is 29.5. The minimum atomic E-state index is 0.608. The second-order valence-electron chi connectivity index (χ2n) is 14.2. The third kappa shape index (κ3) is 4.41. The van der Waals surface area contributed by atoms with Gasteiger partial charge in [0.25, 0.3) is 0 Å². The quantitative estimate of drug-likeness (QED) is 0.183. The maximum absolute atomic E-state index is 6.53. The molecule has 4 aromatic heterocycles. The van der Waals surface area contributed by atoms with Crippen LogP contribution < -0.4 is 0 Å². The summed E-state index contributed by atoms with van der Waals surface area (Å²) in [6.07, 6.45) is 0. The second-order valence-corrected chi connectivity index (χ2v) is 14.2. The molecule has 0 unspecified atom stereocenters. The molecule has 0 spiro atoms. The van der Waals surface area contributed by atoms with E-state index in [0.29, 0.717) is 5.95 Å². The molecule has 0 N–H and O–H groups in total. The molecule has 5 nitrogen and oxygen atoms in total. The Kier molecular flexibility index (Phi) is 6.27. The van der Waals surface area contributed by atoms with Crippen LogP contribution in [0.1, 0.15) is 0 Å². The third-order valence-electron chi connectivity index (χ3n) is 11.1. The van der Waals surface area contributed by atoms with Crippen LogP contribution in [0.25, 0.3) is 110 Å². The summed E-state index contributed by atoms with van der Waals surface area (Å²) in [5.74, 6) is 0.608. The molecule has 4 heterocycles. The lowest BCUT2D eigenvalue weighted by Gasteiger charge is -2.14. The van der Waals surface area contributed by atoms with Gasteiger partial charge in [0, 0.05) is 55.0 Å². The minimum Gasteiger partial charge on any atom is -0.456 e. The van der Waals surface area contributed by atoms with E-state index in [2.05, 4.69) is 167 Å². The fourth-order valence-electron chi connectivity index (χ4n) is 8.66. The average Bonchev–Trinajstić information content (AvgIpc) is 3.90. The molecule has 8 aromatic carbocycles. The number of fused-ring (bicyclic) bond motifs is 11. The summed E-state index contributed by atoms with van der Waals surface area (Å²) in [5.41, 5.74) is 12.2. The highest BCUT2D eigenvalue weighted by molar-refractivity contribution is 6.25. The van der Waals surface area contributed by atoms with Crippen LogP contribution in [0.2, 0.25) is 0 Å².